The fraction of sp³-hybridized carbons (Fsp3) is 0.571. The van der Waals surface area contributed by atoms with E-state index in [0.29, 0.717) is 26.1 Å². The van der Waals surface area contributed by atoms with Crippen LogP contribution in [0.2, 0.25) is 0 Å². The highest BCUT2D eigenvalue weighted by Crippen LogP contribution is 2.09. The van der Waals surface area contributed by atoms with Crippen LogP contribution in [0.3, 0.4) is 0 Å². The maximum atomic E-state index is 12.0. The van der Waals surface area contributed by atoms with E-state index in [0.717, 1.165) is 10.7 Å². The van der Waals surface area contributed by atoms with Gasteiger partial charge in [0.15, 0.2) is 0 Å². The molecule has 0 saturated carbocycles. The summed E-state index contributed by atoms with van der Waals surface area (Å²) in [6.07, 6.45) is 4.20. The molecule has 1 saturated heterocycles. The molecular weight excluding hydrogens is 286 g/mol. The lowest BCUT2D eigenvalue weighted by Gasteiger charge is -2.11. The topological polar surface area (TPSA) is 96.3 Å². The largest absolute Gasteiger partial charge is 0.354 e. The zero-order valence-corrected chi connectivity index (χ0v) is 12.8. The first kappa shape index (κ1) is 16.0. The van der Waals surface area contributed by atoms with Gasteiger partial charge in [-0.05, 0) is 13.3 Å². The maximum Gasteiger partial charge on any atom is 0.324 e. The van der Waals surface area contributed by atoms with Crippen LogP contribution in [0.1, 0.15) is 25.6 Å². The number of hydrogen-bond donors (Lipinski definition) is 2. The molecule has 8 heteroatoms. The van der Waals surface area contributed by atoms with Gasteiger partial charge in [0.25, 0.3) is 5.91 Å². The van der Waals surface area contributed by atoms with Crippen LogP contribution < -0.4 is 10.6 Å². The van der Waals surface area contributed by atoms with Crippen molar-refractivity contribution in [2.75, 3.05) is 13.1 Å². The zero-order valence-electron chi connectivity index (χ0n) is 12.8. The summed E-state index contributed by atoms with van der Waals surface area (Å²) >= 11 is 0. The molecule has 2 N–H and O–H groups in total. The smallest absolute Gasteiger partial charge is 0.324 e. The predicted octanol–water partition coefficient (Wildman–Crippen LogP) is 0.0282. The molecular formula is C14H21N5O3. The molecule has 120 valence electrons. The molecule has 22 heavy (non-hydrogen) atoms. The molecule has 1 aromatic heterocycles. The predicted molar refractivity (Wildman–Crippen MR) is 78.9 cm³/mol. The van der Waals surface area contributed by atoms with E-state index in [-0.39, 0.29) is 18.2 Å². The van der Waals surface area contributed by atoms with Gasteiger partial charge in [0.1, 0.15) is 11.9 Å². The van der Waals surface area contributed by atoms with Crippen molar-refractivity contribution in [3.63, 3.8) is 0 Å². The summed E-state index contributed by atoms with van der Waals surface area (Å²) in [4.78, 5) is 40.7. The van der Waals surface area contributed by atoms with Crippen molar-refractivity contribution in [2.45, 2.75) is 39.3 Å². The van der Waals surface area contributed by atoms with Gasteiger partial charge >= 0.3 is 6.03 Å². The molecule has 0 spiro atoms. The maximum absolute atomic E-state index is 12.0. The number of aryl methyl sites for hydroxylation is 1. The average Bonchev–Trinajstić information content (AvgIpc) is 2.98. The van der Waals surface area contributed by atoms with E-state index in [1.807, 2.05) is 24.6 Å². The summed E-state index contributed by atoms with van der Waals surface area (Å²) in [5.74, 6) is 0.296. The Kier molecular flexibility index (Phi) is 5.13. The number of hydrogen-bond acceptors (Lipinski definition) is 4. The lowest BCUT2D eigenvalue weighted by Crippen LogP contribution is -2.37. The number of urea groups is 1. The Labute approximate surface area is 128 Å². The number of rotatable bonds is 7. The minimum Gasteiger partial charge on any atom is -0.354 e. The average molecular weight is 307 g/mol. The number of nitrogens with zero attached hydrogens (tertiary/aromatic N) is 3. The summed E-state index contributed by atoms with van der Waals surface area (Å²) in [5, 5.41) is 5.29. The fourth-order valence-corrected chi connectivity index (χ4v) is 2.36. The number of nitrogens with one attached hydrogen (secondary N) is 2. The van der Waals surface area contributed by atoms with E-state index in [2.05, 4.69) is 15.6 Å². The van der Waals surface area contributed by atoms with Gasteiger partial charge in [-0.3, -0.25) is 14.5 Å². The molecule has 0 radical (unpaired) electrons. The van der Waals surface area contributed by atoms with Crippen molar-refractivity contribution in [1.82, 2.24) is 25.1 Å². The Balaban J connectivity index is 1.76. The molecule has 1 unspecified atom stereocenters. The molecule has 4 amide bonds. The summed E-state index contributed by atoms with van der Waals surface area (Å²) in [5.41, 5.74) is 0. The Hall–Kier alpha value is -2.38. The van der Waals surface area contributed by atoms with E-state index in [1.54, 1.807) is 6.20 Å². The van der Waals surface area contributed by atoms with Crippen LogP contribution in [0.4, 0.5) is 4.79 Å². The lowest BCUT2D eigenvalue weighted by molar-refractivity contribution is -0.130. The molecule has 0 aliphatic carbocycles. The number of carbonyl (C=O) groups excluding carboxylic acids is 3. The van der Waals surface area contributed by atoms with Crippen molar-refractivity contribution >= 4 is 17.8 Å². The first-order valence-corrected chi connectivity index (χ1v) is 7.39. The first-order chi connectivity index (χ1) is 10.5. The van der Waals surface area contributed by atoms with Gasteiger partial charge in [-0.2, -0.15) is 0 Å². The molecule has 2 rings (SSSR count). The van der Waals surface area contributed by atoms with Gasteiger partial charge in [0.2, 0.25) is 5.91 Å². The minimum absolute atomic E-state index is 0.0340. The van der Waals surface area contributed by atoms with E-state index in [9.17, 15) is 14.4 Å². The summed E-state index contributed by atoms with van der Waals surface area (Å²) in [7, 11) is 0. The molecule has 1 aliphatic rings. The van der Waals surface area contributed by atoms with E-state index >= 15 is 0 Å². The fourth-order valence-electron chi connectivity index (χ4n) is 2.36. The van der Waals surface area contributed by atoms with Crippen molar-refractivity contribution in [2.24, 2.45) is 0 Å². The normalized spacial score (nSPS) is 17.7. The van der Waals surface area contributed by atoms with Crippen LogP contribution in [0.5, 0.6) is 0 Å². The standard InChI is InChI=1S/C14H21N5O3/c1-3-6-19-13(21)11(17-14(19)22)9-12(20)16-5-8-18-7-4-15-10(18)2/h4,7,11H,3,5-6,8-9H2,1-2H3,(H,16,20)(H,17,22). The molecule has 1 aliphatic heterocycles. The number of imidazole rings is 1. The molecule has 2 heterocycles. The van der Waals surface area contributed by atoms with Gasteiger partial charge < -0.3 is 15.2 Å². The highest BCUT2D eigenvalue weighted by atomic mass is 16.2. The van der Waals surface area contributed by atoms with Gasteiger partial charge in [0, 0.05) is 32.0 Å². The molecule has 0 aromatic carbocycles. The zero-order chi connectivity index (χ0) is 16.1. The number of carbonyl (C=O) groups is 3. The summed E-state index contributed by atoms with van der Waals surface area (Å²) in [6.45, 7) is 5.21. The Morgan fingerprint density at radius 1 is 1.41 bits per heavy atom. The minimum atomic E-state index is -0.756. The van der Waals surface area contributed by atoms with E-state index in [4.69, 9.17) is 0 Å². The Morgan fingerprint density at radius 2 is 2.18 bits per heavy atom. The quantitative estimate of drug-likeness (QED) is 0.695. The van der Waals surface area contributed by atoms with Crippen LogP contribution in [0.25, 0.3) is 0 Å². The highest BCUT2D eigenvalue weighted by molar-refractivity contribution is 6.05. The highest BCUT2D eigenvalue weighted by Gasteiger charge is 2.38. The third-order valence-electron chi connectivity index (χ3n) is 3.54. The van der Waals surface area contributed by atoms with Crippen molar-refractivity contribution in [3.8, 4) is 0 Å². The van der Waals surface area contributed by atoms with Gasteiger partial charge in [-0.15, -0.1) is 0 Å². The van der Waals surface area contributed by atoms with Crippen LogP contribution in [-0.2, 0) is 16.1 Å². The third kappa shape index (κ3) is 3.63. The molecule has 8 nitrogen and oxygen atoms in total. The van der Waals surface area contributed by atoms with Crippen LogP contribution >= 0.6 is 0 Å². The van der Waals surface area contributed by atoms with E-state index in [1.165, 1.54) is 0 Å². The third-order valence-corrected chi connectivity index (χ3v) is 3.54. The monoisotopic (exact) mass is 307 g/mol. The van der Waals surface area contributed by atoms with Gasteiger partial charge in [-0.1, -0.05) is 6.92 Å². The second kappa shape index (κ2) is 7.06. The molecule has 1 aromatic rings. The second-order valence-corrected chi connectivity index (χ2v) is 5.21. The summed E-state index contributed by atoms with van der Waals surface area (Å²) in [6, 6.07) is -1.17. The van der Waals surface area contributed by atoms with Crippen molar-refractivity contribution in [1.29, 1.82) is 0 Å². The SMILES string of the molecule is CCCN1C(=O)NC(CC(=O)NCCn2ccnc2C)C1=O. The second-order valence-electron chi connectivity index (χ2n) is 5.21. The number of amides is 4. The van der Waals surface area contributed by atoms with E-state index < -0.39 is 12.1 Å². The Morgan fingerprint density at radius 3 is 2.82 bits per heavy atom. The van der Waals surface area contributed by atoms with Crippen molar-refractivity contribution < 1.29 is 14.4 Å². The van der Waals surface area contributed by atoms with Crippen molar-refractivity contribution in [3.05, 3.63) is 18.2 Å². The van der Waals surface area contributed by atoms with Gasteiger partial charge in [0.05, 0.1) is 6.42 Å². The summed E-state index contributed by atoms with van der Waals surface area (Å²) < 4.78 is 1.92. The van der Waals surface area contributed by atoms with Crippen LogP contribution in [0.15, 0.2) is 12.4 Å². The Bertz CT molecular complexity index is 569. The molecule has 0 bridgehead atoms. The lowest BCUT2D eigenvalue weighted by atomic mass is 10.2. The first-order valence-electron chi connectivity index (χ1n) is 7.39. The molecule has 1 fully saturated rings. The molecule has 1 atom stereocenters. The van der Waals surface area contributed by atoms with Crippen LogP contribution in [-0.4, -0.2) is 51.4 Å². The number of imide groups is 1. The number of aromatic nitrogens is 2. The van der Waals surface area contributed by atoms with Crippen LogP contribution in [0, 0.1) is 6.92 Å². The van der Waals surface area contributed by atoms with Gasteiger partial charge in [-0.25, -0.2) is 9.78 Å².